The molecule has 246 valence electrons. The zero-order valence-corrected chi connectivity index (χ0v) is 27.0. The Hall–Kier alpha value is -4.30. The highest BCUT2D eigenvalue weighted by Gasteiger charge is 2.34. The van der Waals surface area contributed by atoms with E-state index in [2.05, 4.69) is 26.0 Å². The Morgan fingerprint density at radius 1 is 1.02 bits per heavy atom. The molecule has 1 atom stereocenters. The molecule has 1 aliphatic heterocycles. The highest BCUT2D eigenvalue weighted by atomic mass is 79.9. The molecule has 0 radical (unpaired) electrons. The monoisotopic (exact) mass is 736 g/mol. The second-order valence-electron chi connectivity index (χ2n) is 11.2. The minimum absolute atomic E-state index is 0.0820. The van der Waals surface area contributed by atoms with Crippen molar-refractivity contribution in [1.82, 2.24) is 19.4 Å². The van der Waals surface area contributed by atoms with Crippen LogP contribution in [0.5, 0.6) is 11.5 Å². The van der Waals surface area contributed by atoms with Gasteiger partial charge in [0, 0.05) is 34.8 Å². The van der Waals surface area contributed by atoms with Crippen LogP contribution in [0, 0.1) is 5.82 Å². The van der Waals surface area contributed by atoms with Crippen molar-refractivity contribution in [3.8, 4) is 17.2 Å². The van der Waals surface area contributed by atoms with Gasteiger partial charge in [0.2, 0.25) is 0 Å². The van der Waals surface area contributed by atoms with E-state index in [0.717, 1.165) is 25.0 Å². The molecule has 6 rings (SSSR count). The van der Waals surface area contributed by atoms with Crippen LogP contribution in [0.2, 0.25) is 5.02 Å². The molecular formula is C32H26BrClF4N4O5. The van der Waals surface area contributed by atoms with Gasteiger partial charge in [-0.1, -0.05) is 17.7 Å². The number of rotatable bonds is 8. The van der Waals surface area contributed by atoms with Gasteiger partial charge >= 0.3 is 12.1 Å². The van der Waals surface area contributed by atoms with Gasteiger partial charge in [0.15, 0.2) is 0 Å². The fourth-order valence-corrected chi connectivity index (χ4v) is 5.80. The van der Waals surface area contributed by atoms with E-state index in [9.17, 15) is 31.9 Å². The summed E-state index contributed by atoms with van der Waals surface area (Å²) in [7, 11) is 0. The standard InChI is InChI=1S/C32H26BrClF4N4O5/c1-17(23-10-9-22(15-26(23)35)47-32(36,37)38)39-29(43)28-27-16-40(30(44)18-2-11-24(33)25(34)14-18)12-13-41(27)31(45)42(28)19-3-5-20(6-4-19)46-21-7-8-21/h2-6,9-11,14-15,17,21H,7-8,12-13,16H2,1H3,(H,39,43)/t17-/m1/s1. The number of carbonyl (C=O) groups is 2. The molecule has 9 nitrogen and oxygen atoms in total. The molecule has 47 heavy (non-hydrogen) atoms. The molecule has 2 heterocycles. The SMILES string of the molecule is C[C@@H](NC(=O)c1c2n(c(=O)n1-c1ccc(OC3CC3)cc1)CCN(C(=O)c1ccc(Br)c(Cl)c1)C2)c1ccc(OC(F)(F)F)cc1F. The van der Waals surface area contributed by atoms with Crippen LogP contribution in [-0.2, 0) is 13.1 Å². The van der Waals surface area contributed by atoms with E-state index in [4.69, 9.17) is 16.3 Å². The molecule has 1 N–H and O–H groups in total. The number of amides is 2. The molecule has 2 amide bonds. The number of nitrogens with one attached hydrogen (secondary N) is 1. The lowest BCUT2D eigenvalue weighted by atomic mass is 10.1. The first kappa shape index (κ1) is 32.6. The van der Waals surface area contributed by atoms with Crippen molar-refractivity contribution < 1.29 is 36.6 Å². The summed E-state index contributed by atoms with van der Waals surface area (Å²) in [5.74, 6) is -2.31. The van der Waals surface area contributed by atoms with E-state index in [0.29, 0.717) is 32.6 Å². The van der Waals surface area contributed by atoms with Gasteiger partial charge < -0.3 is 19.7 Å². The van der Waals surface area contributed by atoms with Crippen LogP contribution in [-0.4, -0.2) is 44.9 Å². The zero-order chi connectivity index (χ0) is 33.6. The van der Waals surface area contributed by atoms with E-state index in [1.807, 2.05) is 0 Å². The number of aromatic nitrogens is 2. The van der Waals surface area contributed by atoms with Crippen LogP contribution < -0.4 is 20.5 Å². The van der Waals surface area contributed by atoms with E-state index in [1.54, 1.807) is 36.4 Å². The Bertz CT molecular complexity index is 1920. The Morgan fingerprint density at radius 3 is 2.36 bits per heavy atom. The number of nitrogens with zero attached hydrogens (tertiary/aromatic N) is 3. The quantitative estimate of drug-likeness (QED) is 0.201. The average molecular weight is 738 g/mol. The van der Waals surface area contributed by atoms with Crippen LogP contribution in [0.4, 0.5) is 17.6 Å². The molecule has 1 aromatic heterocycles. The summed E-state index contributed by atoms with van der Waals surface area (Å²) in [5.41, 5.74) is 0.201. The summed E-state index contributed by atoms with van der Waals surface area (Å²) in [4.78, 5) is 42.8. The fraction of sp³-hybridized carbons (Fsp3) is 0.281. The molecule has 1 aliphatic carbocycles. The topological polar surface area (TPSA) is 94.8 Å². The van der Waals surface area contributed by atoms with E-state index in [-0.39, 0.29) is 48.6 Å². The molecule has 1 saturated carbocycles. The third kappa shape index (κ3) is 7.03. The third-order valence-electron chi connectivity index (χ3n) is 7.79. The van der Waals surface area contributed by atoms with Gasteiger partial charge in [-0.05, 0) is 84.2 Å². The molecule has 0 saturated heterocycles. The Labute approximate surface area is 278 Å². The molecule has 2 aliphatic rings. The number of fused-ring (bicyclic) bond motifs is 1. The zero-order valence-electron chi connectivity index (χ0n) is 24.6. The molecule has 0 unspecified atom stereocenters. The maximum Gasteiger partial charge on any atom is 0.573 e. The van der Waals surface area contributed by atoms with Gasteiger partial charge in [-0.3, -0.25) is 18.7 Å². The lowest BCUT2D eigenvalue weighted by molar-refractivity contribution is -0.274. The molecule has 0 spiro atoms. The highest BCUT2D eigenvalue weighted by molar-refractivity contribution is 9.10. The molecule has 0 bridgehead atoms. The van der Waals surface area contributed by atoms with E-state index in [1.165, 1.54) is 27.0 Å². The van der Waals surface area contributed by atoms with Crippen molar-refractivity contribution >= 4 is 39.3 Å². The minimum atomic E-state index is -5.01. The van der Waals surface area contributed by atoms with Crippen LogP contribution in [0.1, 0.15) is 57.9 Å². The van der Waals surface area contributed by atoms with Gasteiger partial charge in [-0.2, -0.15) is 0 Å². The normalized spacial score (nSPS) is 15.2. The van der Waals surface area contributed by atoms with Crippen molar-refractivity contribution in [2.45, 2.75) is 51.4 Å². The average Bonchev–Trinajstić information content (AvgIpc) is 3.78. The van der Waals surface area contributed by atoms with Gasteiger partial charge in [0.25, 0.3) is 11.8 Å². The van der Waals surface area contributed by atoms with Crippen LogP contribution in [0.15, 0.2) is 69.9 Å². The van der Waals surface area contributed by atoms with Crippen molar-refractivity contribution in [2.24, 2.45) is 0 Å². The number of hydrogen-bond donors (Lipinski definition) is 1. The highest BCUT2D eigenvalue weighted by Crippen LogP contribution is 2.30. The number of hydrogen-bond acceptors (Lipinski definition) is 5. The lowest BCUT2D eigenvalue weighted by Crippen LogP contribution is -2.41. The Kier molecular flexibility index (Phi) is 8.83. The van der Waals surface area contributed by atoms with Crippen molar-refractivity contribution in [3.63, 3.8) is 0 Å². The van der Waals surface area contributed by atoms with Crippen LogP contribution in [0.3, 0.4) is 0 Å². The van der Waals surface area contributed by atoms with Crippen molar-refractivity contribution in [3.05, 3.63) is 109 Å². The summed E-state index contributed by atoms with van der Waals surface area (Å²) in [6.07, 6.45) is -2.95. The van der Waals surface area contributed by atoms with Crippen LogP contribution in [0.25, 0.3) is 5.69 Å². The fourth-order valence-electron chi connectivity index (χ4n) is 5.37. The number of halogens is 6. The maximum atomic E-state index is 14.9. The number of ether oxygens (including phenoxy) is 2. The summed E-state index contributed by atoms with van der Waals surface area (Å²) in [6.45, 7) is 1.60. The maximum absolute atomic E-state index is 14.9. The predicted octanol–water partition coefficient (Wildman–Crippen LogP) is 6.78. The summed E-state index contributed by atoms with van der Waals surface area (Å²) in [5, 5.41) is 3.00. The molecule has 15 heteroatoms. The molecule has 3 aromatic carbocycles. The second-order valence-corrected chi connectivity index (χ2v) is 12.4. The first-order valence-corrected chi connectivity index (χ1v) is 15.7. The van der Waals surface area contributed by atoms with E-state index < -0.39 is 35.6 Å². The summed E-state index contributed by atoms with van der Waals surface area (Å²) in [6, 6.07) is 13.0. The predicted molar refractivity (Wildman–Crippen MR) is 167 cm³/mol. The molecular weight excluding hydrogens is 712 g/mol. The smallest absolute Gasteiger partial charge is 0.490 e. The van der Waals surface area contributed by atoms with Gasteiger partial charge in [0.05, 0.1) is 35.1 Å². The minimum Gasteiger partial charge on any atom is -0.490 e. The van der Waals surface area contributed by atoms with Crippen LogP contribution >= 0.6 is 27.5 Å². The lowest BCUT2D eigenvalue weighted by Gasteiger charge is -2.28. The number of alkyl halides is 3. The molecule has 4 aromatic rings. The summed E-state index contributed by atoms with van der Waals surface area (Å²) < 4.78 is 65.6. The number of benzene rings is 3. The van der Waals surface area contributed by atoms with Gasteiger partial charge in [-0.15, -0.1) is 13.2 Å². The van der Waals surface area contributed by atoms with Gasteiger partial charge in [-0.25, -0.2) is 9.18 Å². The number of carbonyl (C=O) groups excluding carboxylic acids is 2. The largest absolute Gasteiger partial charge is 0.573 e. The van der Waals surface area contributed by atoms with Crippen molar-refractivity contribution in [1.29, 1.82) is 0 Å². The Morgan fingerprint density at radius 2 is 1.72 bits per heavy atom. The van der Waals surface area contributed by atoms with E-state index >= 15 is 0 Å². The first-order chi connectivity index (χ1) is 22.3. The Balaban J connectivity index is 1.35. The molecule has 1 fully saturated rings. The first-order valence-electron chi connectivity index (χ1n) is 14.5. The third-order valence-corrected chi connectivity index (χ3v) is 9.02. The number of imidazole rings is 1. The second kappa shape index (κ2) is 12.7. The summed E-state index contributed by atoms with van der Waals surface area (Å²) >= 11 is 9.52. The van der Waals surface area contributed by atoms with Gasteiger partial charge in [0.1, 0.15) is 23.0 Å². The van der Waals surface area contributed by atoms with Crippen molar-refractivity contribution in [2.75, 3.05) is 6.54 Å².